The van der Waals surface area contributed by atoms with Gasteiger partial charge in [-0.1, -0.05) is 44.6 Å². The second-order valence-corrected chi connectivity index (χ2v) is 18.8. The highest BCUT2D eigenvalue weighted by atomic mass is 32.1. The number of carbonyl (C=O) groups is 4. The summed E-state index contributed by atoms with van der Waals surface area (Å²) in [5, 5.41) is 0. The highest BCUT2D eigenvalue weighted by molar-refractivity contribution is 7.39. The Morgan fingerprint density at radius 1 is 0.564 bits per heavy atom. The first kappa shape index (κ1) is 33.7. The highest BCUT2D eigenvalue weighted by Gasteiger charge is 2.57. The van der Waals surface area contributed by atoms with Gasteiger partial charge in [-0.05, 0) is 78.3 Å². The van der Waals surface area contributed by atoms with Gasteiger partial charge in [0.25, 0.3) is 0 Å². The van der Waals surface area contributed by atoms with E-state index < -0.39 is 51.8 Å². The summed E-state index contributed by atoms with van der Waals surface area (Å²) in [6, 6.07) is 5.33. The number of Topliss-reactive ketones (excluding diaryl/α,β-unsaturated/α-hetero) is 4. The van der Waals surface area contributed by atoms with Crippen molar-refractivity contribution >= 4 is 98.7 Å². The van der Waals surface area contributed by atoms with Gasteiger partial charge in [-0.25, -0.2) is 17.6 Å². The minimum atomic E-state index is -1.05. The van der Waals surface area contributed by atoms with E-state index in [0.29, 0.717) is 10.9 Å². The van der Waals surface area contributed by atoms with Crippen LogP contribution in [0.25, 0.3) is 41.6 Å². The number of ketones is 4. The quantitative estimate of drug-likeness (QED) is 0.101. The van der Waals surface area contributed by atoms with E-state index >= 15 is 4.39 Å². The average Bonchev–Trinajstić information content (AvgIpc) is 3.99. The monoisotopic (exact) mass is 792 g/mol. The Hall–Kier alpha value is -4.58. The summed E-state index contributed by atoms with van der Waals surface area (Å²) in [4.78, 5) is 54.1. The first-order valence-electron chi connectivity index (χ1n) is 18.6. The van der Waals surface area contributed by atoms with Crippen molar-refractivity contribution in [3.63, 3.8) is 0 Å². The lowest BCUT2D eigenvalue weighted by Gasteiger charge is -2.38. The second-order valence-electron chi connectivity index (χ2n) is 15.6. The number of hydrogen-bond acceptors (Lipinski definition) is 7. The molecule has 2 spiro atoms. The van der Waals surface area contributed by atoms with Gasteiger partial charge >= 0.3 is 0 Å². The number of rotatable bonds is 2. The highest BCUT2D eigenvalue weighted by Crippen LogP contribution is 2.70. The van der Waals surface area contributed by atoms with Crippen LogP contribution < -0.4 is 0 Å². The fourth-order valence-electron chi connectivity index (χ4n) is 10.6. The summed E-state index contributed by atoms with van der Waals surface area (Å²) >= 11 is 4.97. The van der Waals surface area contributed by atoms with Crippen LogP contribution in [-0.4, -0.2) is 23.1 Å². The summed E-state index contributed by atoms with van der Waals surface area (Å²) in [6.45, 7) is 0. The van der Waals surface area contributed by atoms with Gasteiger partial charge in [0, 0.05) is 65.3 Å². The van der Waals surface area contributed by atoms with E-state index in [4.69, 9.17) is 0 Å². The molecule has 0 atom stereocenters. The van der Waals surface area contributed by atoms with Crippen LogP contribution in [0, 0.1) is 28.7 Å². The van der Waals surface area contributed by atoms with Crippen molar-refractivity contribution in [1.29, 1.82) is 0 Å². The Morgan fingerprint density at radius 3 is 1.91 bits per heavy atom. The lowest BCUT2D eigenvalue weighted by atomic mass is 9.66. The first-order valence-corrected chi connectivity index (χ1v) is 21.0. The fraction of sp³-hybridized carbons (Fsp3) is 0.273. The van der Waals surface area contributed by atoms with Crippen LogP contribution in [0.1, 0.15) is 111 Å². The van der Waals surface area contributed by atoms with Crippen molar-refractivity contribution in [2.75, 3.05) is 0 Å². The minimum Gasteiger partial charge on any atom is -0.285 e. The molecule has 11 heteroatoms. The molecule has 5 aromatic rings. The third-order valence-electron chi connectivity index (χ3n) is 12.9. The Kier molecular flexibility index (Phi) is 7.05. The molecule has 0 bridgehead atoms. The molecule has 0 amide bonds. The molecule has 274 valence electrons. The topological polar surface area (TPSA) is 68.3 Å². The molecule has 0 saturated heterocycles. The van der Waals surface area contributed by atoms with E-state index in [1.807, 2.05) is 6.07 Å². The summed E-state index contributed by atoms with van der Waals surface area (Å²) in [6.07, 6.45) is 15.5. The molecule has 6 aliphatic rings. The van der Waals surface area contributed by atoms with Crippen LogP contribution in [0.15, 0.2) is 53.6 Å². The van der Waals surface area contributed by atoms with Crippen LogP contribution >= 0.6 is 34.0 Å². The molecule has 4 nitrogen and oxygen atoms in total. The molecule has 6 aliphatic carbocycles. The van der Waals surface area contributed by atoms with Gasteiger partial charge in [-0.2, -0.15) is 0 Å². The van der Waals surface area contributed by atoms with Gasteiger partial charge in [0.1, 0.15) is 23.3 Å². The number of allylic oxidation sites excluding steroid dienone is 7. The van der Waals surface area contributed by atoms with Crippen molar-refractivity contribution < 1.29 is 36.7 Å². The number of halogens is 4. The SMILES string of the molecule is O=C1C(=O)c2c(F)cc(F)cc2/C1=C/c1cc2sc3c4c(sc3c2s1)C1=C(C=C(/C=C2\C(=O)C(=O)c3cc(F)cc(F)c32)C12CCCCC2)C41CCCCC1. The maximum Gasteiger partial charge on any atom is 0.237 e. The fourth-order valence-corrected chi connectivity index (χ4v) is 15.2. The normalized spacial score (nSPS) is 22.4. The molecule has 3 heterocycles. The number of carbonyl (C=O) groups excluding carboxylic acids is 4. The van der Waals surface area contributed by atoms with E-state index in [9.17, 15) is 32.3 Å². The van der Waals surface area contributed by atoms with Crippen molar-refractivity contribution in [3.8, 4) is 0 Å². The maximum absolute atomic E-state index is 15.4. The van der Waals surface area contributed by atoms with Gasteiger partial charge in [-0.15, -0.1) is 34.0 Å². The van der Waals surface area contributed by atoms with E-state index in [1.165, 1.54) is 37.6 Å². The molecular weight excluding hydrogens is 765 g/mol. The molecule has 0 aliphatic heterocycles. The van der Waals surface area contributed by atoms with Crippen LogP contribution in [0.2, 0.25) is 0 Å². The van der Waals surface area contributed by atoms with Gasteiger partial charge in [0.15, 0.2) is 0 Å². The molecule has 3 aromatic heterocycles. The van der Waals surface area contributed by atoms with Crippen LogP contribution in [0.3, 0.4) is 0 Å². The zero-order chi connectivity index (χ0) is 37.7. The molecule has 2 fully saturated rings. The molecule has 0 radical (unpaired) electrons. The smallest absolute Gasteiger partial charge is 0.237 e. The van der Waals surface area contributed by atoms with E-state index in [1.54, 1.807) is 34.8 Å². The second kappa shape index (κ2) is 11.5. The summed E-state index contributed by atoms with van der Waals surface area (Å²) < 4.78 is 62.9. The van der Waals surface area contributed by atoms with Gasteiger partial charge in [0.2, 0.25) is 23.1 Å². The van der Waals surface area contributed by atoms with Crippen LogP contribution in [0.4, 0.5) is 17.6 Å². The molecule has 0 unspecified atom stereocenters. The van der Waals surface area contributed by atoms with Crippen LogP contribution in [-0.2, 0) is 15.0 Å². The number of thiophene rings is 3. The van der Waals surface area contributed by atoms with Crippen molar-refractivity contribution in [2.45, 2.75) is 69.6 Å². The Labute approximate surface area is 323 Å². The summed E-state index contributed by atoms with van der Waals surface area (Å²) in [5.74, 6) is -7.23. The molecule has 2 saturated carbocycles. The van der Waals surface area contributed by atoms with E-state index in [0.717, 1.165) is 102 Å². The zero-order valence-electron chi connectivity index (χ0n) is 29.1. The van der Waals surface area contributed by atoms with Gasteiger partial charge < -0.3 is 0 Å². The van der Waals surface area contributed by atoms with E-state index in [2.05, 4.69) is 6.08 Å². The van der Waals surface area contributed by atoms with Gasteiger partial charge in [-0.3, -0.25) is 19.2 Å². The lowest BCUT2D eigenvalue weighted by molar-refractivity contribution is -0.110. The zero-order valence-corrected chi connectivity index (χ0v) is 31.5. The predicted molar refractivity (Wildman–Crippen MR) is 208 cm³/mol. The third kappa shape index (κ3) is 4.37. The molecule has 0 N–H and O–H groups in total. The average molecular weight is 793 g/mol. The summed E-state index contributed by atoms with van der Waals surface area (Å²) in [5.41, 5.74) is 3.44. The van der Waals surface area contributed by atoms with E-state index in [-0.39, 0.29) is 38.8 Å². The largest absolute Gasteiger partial charge is 0.285 e. The number of fused-ring (bicyclic) bond motifs is 11. The maximum atomic E-state index is 15.4. The van der Waals surface area contributed by atoms with Crippen molar-refractivity contribution in [3.05, 3.63) is 114 Å². The Balaban J connectivity index is 1.08. The standard InChI is InChI=1S/C44H28F4O4S3/c45-20-13-23-24(35(49)38(52)32(23)29(48)16-20)17-22-18-30-39(53-22)42-41(54-30)34-40(55-42)33-27(44(34)9-5-2-6-10-44)12-19(43(33)7-3-1-4-8-43)11-25-31-26(37(51)36(25)50)14-21(46)15-28(31)47/h11-18H,1-10H2/b24-17-,25-11-. The summed E-state index contributed by atoms with van der Waals surface area (Å²) in [7, 11) is 0. The molecule has 2 aromatic carbocycles. The lowest BCUT2D eigenvalue weighted by Crippen LogP contribution is -2.28. The van der Waals surface area contributed by atoms with Gasteiger partial charge in [0.05, 0.1) is 19.7 Å². The number of hydrogen-bond donors (Lipinski definition) is 0. The first-order chi connectivity index (χ1) is 26.5. The molecule has 55 heavy (non-hydrogen) atoms. The van der Waals surface area contributed by atoms with Crippen molar-refractivity contribution in [2.24, 2.45) is 5.41 Å². The van der Waals surface area contributed by atoms with Crippen molar-refractivity contribution in [1.82, 2.24) is 0 Å². The molecule has 11 rings (SSSR count). The number of benzene rings is 2. The minimum absolute atomic E-state index is 0.00237. The third-order valence-corrected chi connectivity index (χ3v) is 16.7. The predicted octanol–water partition coefficient (Wildman–Crippen LogP) is 11.7. The Morgan fingerprint density at radius 2 is 1.20 bits per heavy atom. The Bertz CT molecular complexity index is 2840. The van der Waals surface area contributed by atoms with Crippen LogP contribution in [0.5, 0.6) is 0 Å². The molecular formula is C44H28F4O4S3.